The van der Waals surface area contributed by atoms with Crippen LogP contribution in [0.2, 0.25) is 0 Å². The largest absolute Gasteiger partial charge is 0.465 e. The van der Waals surface area contributed by atoms with Gasteiger partial charge in [0.25, 0.3) is 0 Å². The molecule has 0 radical (unpaired) electrons. The van der Waals surface area contributed by atoms with Crippen LogP contribution in [0.3, 0.4) is 0 Å². The van der Waals surface area contributed by atoms with Gasteiger partial charge in [-0.2, -0.15) is 0 Å². The van der Waals surface area contributed by atoms with E-state index in [-0.39, 0.29) is 12.0 Å². The molecule has 1 aliphatic rings. The third kappa shape index (κ3) is 5.26. The fraction of sp³-hybridized carbons (Fsp3) is 0.941. The van der Waals surface area contributed by atoms with Crippen molar-refractivity contribution >= 4 is 5.97 Å². The van der Waals surface area contributed by atoms with Gasteiger partial charge in [-0.25, -0.2) is 0 Å². The van der Waals surface area contributed by atoms with Crippen molar-refractivity contribution in [1.29, 1.82) is 0 Å². The molecule has 0 aliphatic heterocycles. The van der Waals surface area contributed by atoms with E-state index in [0.717, 1.165) is 38.9 Å². The van der Waals surface area contributed by atoms with E-state index in [4.69, 9.17) is 9.47 Å². The normalized spacial score (nSPS) is 25.8. The van der Waals surface area contributed by atoms with Crippen LogP contribution in [0.25, 0.3) is 0 Å². The van der Waals surface area contributed by atoms with Gasteiger partial charge in [0, 0.05) is 19.3 Å². The number of hydrogen-bond donors (Lipinski definition) is 1. The second-order valence-corrected chi connectivity index (χ2v) is 6.84. The first-order valence-electron chi connectivity index (χ1n) is 8.45. The summed E-state index contributed by atoms with van der Waals surface area (Å²) in [5.41, 5.74) is -0.509. The van der Waals surface area contributed by atoms with Crippen LogP contribution in [-0.4, -0.2) is 37.4 Å². The van der Waals surface area contributed by atoms with E-state index < -0.39 is 5.54 Å². The van der Waals surface area contributed by atoms with Gasteiger partial charge in [0.15, 0.2) is 0 Å². The molecule has 124 valence electrons. The van der Waals surface area contributed by atoms with Crippen molar-refractivity contribution in [3.63, 3.8) is 0 Å². The van der Waals surface area contributed by atoms with E-state index in [1.54, 1.807) is 0 Å². The van der Waals surface area contributed by atoms with Crippen molar-refractivity contribution in [2.45, 2.75) is 71.9 Å². The third-order valence-electron chi connectivity index (χ3n) is 4.07. The standard InChI is InChI=1S/C17H33NO3/c1-6-21-16(19)17(18-14(4)5)10-7-8-15(17)9-11-20-12-13(2)3/h13-15,18H,6-12H2,1-5H3. The molecule has 0 bridgehead atoms. The quantitative estimate of drug-likeness (QED) is 0.525. The Bertz CT molecular complexity index is 317. The van der Waals surface area contributed by atoms with E-state index in [0.29, 0.717) is 18.4 Å². The van der Waals surface area contributed by atoms with Gasteiger partial charge in [0.1, 0.15) is 5.54 Å². The van der Waals surface area contributed by atoms with Crippen LogP contribution in [0.5, 0.6) is 0 Å². The molecule has 2 unspecified atom stereocenters. The summed E-state index contributed by atoms with van der Waals surface area (Å²) in [6.07, 6.45) is 3.95. The lowest BCUT2D eigenvalue weighted by atomic mass is 9.84. The second-order valence-electron chi connectivity index (χ2n) is 6.84. The molecule has 0 aromatic carbocycles. The van der Waals surface area contributed by atoms with Crippen molar-refractivity contribution < 1.29 is 14.3 Å². The number of hydrogen-bond acceptors (Lipinski definition) is 4. The Morgan fingerprint density at radius 1 is 1.33 bits per heavy atom. The lowest BCUT2D eigenvalue weighted by molar-refractivity contribution is -0.153. The first-order valence-corrected chi connectivity index (χ1v) is 8.45. The van der Waals surface area contributed by atoms with Crippen LogP contribution >= 0.6 is 0 Å². The van der Waals surface area contributed by atoms with E-state index >= 15 is 0 Å². The maximum atomic E-state index is 12.5. The minimum absolute atomic E-state index is 0.0786. The molecular weight excluding hydrogens is 266 g/mol. The Morgan fingerprint density at radius 3 is 2.62 bits per heavy atom. The molecule has 0 heterocycles. The second kappa shape index (κ2) is 8.74. The fourth-order valence-electron chi connectivity index (χ4n) is 3.31. The average molecular weight is 299 g/mol. The molecule has 0 spiro atoms. The van der Waals surface area contributed by atoms with Crippen LogP contribution in [-0.2, 0) is 14.3 Å². The third-order valence-corrected chi connectivity index (χ3v) is 4.07. The predicted octanol–water partition coefficient (Wildman–Crippen LogP) is 3.15. The lowest BCUT2D eigenvalue weighted by Gasteiger charge is -2.36. The monoisotopic (exact) mass is 299 g/mol. The van der Waals surface area contributed by atoms with E-state index in [2.05, 4.69) is 33.0 Å². The van der Waals surface area contributed by atoms with Gasteiger partial charge >= 0.3 is 5.97 Å². The van der Waals surface area contributed by atoms with E-state index in [1.807, 2.05) is 6.92 Å². The number of rotatable bonds is 9. The summed E-state index contributed by atoms with van der Waals surface area (Å²) >= 11 is 0. The molecular formula is C17H33NO3. The molecule has 1 rings (SSSR count). The molecule has 0 amide bonds. The van der Waals surface area contributed by atoms with Crippen molar-refractivity contribution in [3.8, 4) is 0 Å². The lowest BCUT2D eigenvalue weighted by Crippen LogP contribution is -2.58. The summed E-state index contributed by atoms with van der Waals surface area (Å²) in [4.78, 5) is 12.5. The van der Waals surface area contributed by atoms with Gasteiger partial charge in [0.2, 0.25) is 0 Å². The van der Waals surface area contributed by atoms with Crippen molar-refractivity contribution in [1.82, 2.24) is 5.32 Å². The molecule has 4 heteroatoms. The fourth-order valence-corrected chi connectivity index (χ4v) is 3.31. The molecule has 0 aromatic heterocycles. The van der Waals surface area contributed by atoms with Crippen LogP contribution in [0.15, 0.2) is 0 Å². The van der Waals surface area contributed by atoms with Crippen molar-refractivity contribution in [2.75, 3.05) is 19.8 Å². The summed E-state index contributed by atoms with van der Waals surface area (Å²) in [5, 5.41) is 3.51. The summed E-state index contributed by atoms with van der Waals surface area (Å²) in [5.74, 6) is 0.786. The highest BCUT2D eigenvalue weighted by Gasteiger charge is 2.49. The van der Waals surface area contributed by atoms with Gasteiger partial charge in [-0.15, -0.1) is 0 Å². The van der Waals surface area contributed by atoms with Crippen LogP contribution in [0, 0.1) is 11.8 Å². The highest BCUT2D eigenvalue weighted by molar-refractivity contribution is 5.82. The minimum Gasteiger partial charge on any atom is -0.465 e. The first-order chi connectivity index (χ1) is 9.92. The van der Waals surface area contributed by atoms with Gasteiger partial charge < -0.3 is 9.47 Å². The smallest absolute Gasteiger partial charge is 0.326 e. The van der Waals surface area contributed by atoms with E-state index in [9.17, 15) is 4.79 Å². The maximum absolute atomic E-state index is 12.5. The Balaban J connectivity index is 2.67. The zero-order chi connectivity index (χ0) is 15.9. The highest BCUT2D eigenvalue weighted by atomic mass is 16.5. The van der Waals surface area contributed by atoms with E-state index in [1.165, 1.54) is 0 Å². The number of nitrogens with one attached hydrogen (secondary N) is 1. The predicted molar refractivity (Wildman–Crippen MR) is 85.3 cm³/mol. The van der Waals surface area contributed by atoms with Crippen molar-refractivity contribution in [3.05, 3.63) is 0 Å². The zero-order valence-corrected chi connectivity index (χ0v) is 14.4. The molecule has 1 fully saturated rings. The molecule has 1 aliphatic carbocycles. The summed E-state index contributed by atoms with van der Waals surface area (Å²) in [7, 11) is 0. The minimum atomic E-state index is -0.509. The molecule has 0 saturated heterocycles. The van der Waals surface area contributed by atoms with Crippen LogP contribution in [0.1, 0.15) is 60.3 Å². The van der Waals surface area contributed by atoms with Gasteiger partial charge in [-0.3, -0.25) is 10.1 Å². The van der Waals surface area contributed by atoms with Crippen LogP contribution in [0.4, 0.5) is 0 Å². The summed E-state index contributed by atoms with van der Waals surface area (Å²) < 4.78 is 11.1. The molecule has 21 heavy (non-hydrogen) atoms. The Labute approximate surface area is 130 Å². The molecule has 0 aromatic rings. The molecule has 2 atom stereocenters. The molecule has 1 saturated carbocycles. The SMILES string of the molecule is CCOC(=O)C1(NC(C)C)CCCC1CCOCC(C)C. The van der Waals surface area contributed by atoms with Crippen LogP contribution < -0.4 is 5.32 Å². The number of carbonyl (C=O) groups excluding carboxylic acids is 1. The topological polar surface area (TPSA) is 47.6 Å². The maximum Gasteiger partial charge on any atom is 0.326 e. The summed E-state index contributed by atoms with van der Waals surface area (Å²) in [6.45, 7) is 12.3. The molecule has 1 N–H and O–H groups in total. The Hall–Kier alpha value is -0.610. The van der Waals surface area contributed by atoms with Gasteiger partial charge in [0.05, 0.1) is 6.61 Å². The zero-order valence-electron chi connectivity index (χ0n) is 14.4. The van der Waals surface area contributed by atoms with Gasteiger partial charge in [-0.1, -0.05) is 20.3 Å². The van der Waals surface area contributed by atoms with Crippen molar-refractivity contribution in [2.24, 2.45) is 11.8 Å². The first kappa shape index (κ1) is 18.4. The highest BCUT2D eigenvalue weighted by Crippen LogP contribution is 2.39. The number of carbonyl (C=O) groups is 1. The summed E-state index contributed by atoms with van der Waals surface area (Å²) in [6, 6.07) is 0.270. The number of ether oxygens (including phenoxy) is 2. The number of esters is 1. The Kier molecular flexibility index (Phi) is 7.67. The average Bonchev–Trinajstić information content (AvgIpc) is 2.78. The molecule has 4 nitrogen and oxygen atoms in total. The van der Waals surface area contributed by atoms with Gasteiger partial charge in [-0.05, 0) is 51.9 Å². The Morgan fingerprint density at radius 2 is 2.05 bits per heavy atom.